The maximum atomic E-state index is 9.76. The molecule has 0 aliphatic carbocycles. The van der Waals surface area contributed by atoms with Gasteiger partial charge in [0.25, 0.3) is 0 Å². The molecule has 0 unspecified atom stereocenters. The summed E-state index contributed by atoms with van der Waals surface area (Å²) in [6, 6.07) is 0. The van der Waals surface area contributed by atoms with Crippen LogP contribution in [0.15, 0.2) is 0 Å². The molecule has 0 heterocycles. The minimum Gasteiger partial charge on any atom is 1.00 e. The van der Waals surface area contributed by atoms with Crippen LogP contribution in [0.3, 0.4) is 0 Å². The molecular weight excluding hydrogens is 154 g/mol. The molecule has 0 aliphatic rings. The third kappa shape index (κ3) is 10.7. The van der Waals surface area contributed by atoms with Gasteiger partial charge < -0.3 is 0 Å². The first-order chi connectivity index (χ1) is 2.77. The van der Waals surface area contributed by atoms with Crippen molar-refractivity contribution in [3.63, 3.8) is 0 Å². The normalized spacial score (nSPS) is 6.29. The fraction of sp³-hybridized carbons (Fsp3) is 0.333. The molecule has 0 saturated heterocycles. The fourth-order valence-electron chi connectivity index (χ4n) is 0.0680. The van der Waals surface area contributed by atoms with Crippen LogP contribution in [0, 0.1) is 0 Å². The first-order valence-electron chi connectivity index (χ1n) is 1.41. The van der Waals surface area contributed by atoms with Crippen LogP contribution >= 0.6 is 0 Å². The van der Waals surface area contributed by atoms with Crippen molar-refractivity contribution in [1.82, 2.24) is 0 Å². The smallest absolute Gasteiger partial charge is 1.00 e. The van der Waals surface area contributed by atoms with Crippen molar-refractivity contribution in [2.24, 2.45) is 0 Å². The van der Waals surface area contributed by atoms with E-state index in [-0.39, 0.29) is 30.0 Å². The summed E-state index contributed by atoms with van der Waals surface area (Å²) in [5, 5.41) is 0. The van der Waals surface area contributed by atoms with Crippen molar-refractivity contribution >= 4 is 27.0 Å². The van der Waals surface area contributed by atoms with Crippen LogP contribution in [0.1, 0.15) is 6.42 Å². The summed E-state index contributed by atoms with van der Waals surface area (Å²) in [6.07, 6.45) is 0.568. The minimum absolute atomic E-state index is 0. The Morgan fingerprint density at radius 2 is 2.14 bits per heavy atom. The Morgan fingerprint density at radius 1 is 1.71 bits per heavy atom. The molecule has 0 N–H and O–H groups in total. The molecule has 7 heavy (non-hydrogen) atoms. The maximum absolute atomic E-state index is 9.76. The number of hydrogen-bond acceptors (Lipinski definition) is 2. The van der Waals surface area contributed by atoms with Crippen LogP contribution in [0.2, 0.25) is 0 Å². The van der Waals surface area contributed by atoms with Gasteiger partial charge in [0.2, 0.25) is 0 Å². The molecule has 0 rings (SSSR count). The van der Waals surface area contributed by atoms with Gasteiger partial charge in [-0.05, 0) is 0 Å². The van der Waals surface area contributed by atoms with E-state index in [2.05, 4.69) is 16.0 Å². The summed E-state index contributed by atoms with van der Waals surface area (Å²) in [4.78, 5) is 19.1. The predicted octanol–water partition coefficient (Wildman–Crippen LogP) is -3.73. The molecule has 0 bridgehead atoms. The molecule has 0 amide bonds. The Labute approximate surface area is 62.0 Å². The van der Waals surface area contributed by atoms with E-state index in [0.29, 0.717) is 6.29 Å². The van der Waals surface area contributed by atoms with Crippen LogP contribution in [0.4, 0.5) is 0 Å². The van der Waals surface area contributed by atoms with Gasteiger partial charge in [-0.1, -0.05) is 0 Å². The van der Waals surface area contributed by atoms with Crippen LogP contribution in [0.25, 0.3) is 0 Å². The minimum atomic E-state index is -0.204. The van der Waals surface area contributed by atoms with Crippen LogP contribution in [-0.4, -0.2) is 27.0 Å². The molecule has 0 saturated carbocycles. The van der Waals surface area contributed by atoms with Gasteiger partial charge >= 0.3 is 61.9 Å². The topological polar surface area (TPSA) is 34.1 Å². The monoisotopic (exact) mass is 158 g/mol. The molecule has 0 radical (unpaired) electrons. The zero-order valence-corrected chi connectivity index (χ0v) is 5.72. The average molecular weight is 157 g/mol. The Balaban J connectivity index is 0. The van der Waals surface area contributed by atoms with Crippen molar-refractivity contribution in [2.75, 3.05) is 0 Å². The summed E-state index contributed by atoms with van der Waals surface area (Å²) in [5.41, 5.74) is 0. The van der Waals surface area contributed by atoms with E-state index >= 15 is 0 Å². The van der Waals surface area contributed by atoms with Crippen molar-refractivity contribution in [2.45, 2.75) is 6.42 Å². The second kappa shape index (κ2) is 6.46. The third-order valence-electron chi connectivity index (χ3n) is 0.250. The molecule has 0 aromatic rings. The molecule has 0 aromatic carbocycles. The molecule has 0 spiro atoms. The van der Waals surface area contributed by atoms with Crippen molar-refractivity contribution in [1.29, 1.82) is 0 Å². The molecule has 4 heteroatoms. The Hall–Kier alpha value is 0.457. The van der Waals surface area contributed by atoms with Gasteiger partial charge in [-0.3, -0.25) is 0 Å². The van der Waals surface area contributed by atoms with E-state index in [0.717, 1.165) is 0 Å². The van der Waals surface area contributed by atoms with Gasteiger partial charge in [0.1, 0.15) is 0 Å². The van der Waals surface area contributed by atoms with Crippen molar-refractivity contribution in [3.05, 3.63) is 0 Å². The molecule has 0 fully saturated rings. The second-order valence-electron chi connectivity index (χ2n) is 0.743. The summed E-state index contributed by atoms with van der Waals surface area (Å²) >= 11 is 2.17. The van der Waals surface area contributed by atoms with Gasteiger partial charge in [-0.2, -0.15) is 0 Å². The van der Waals surface area contributed by atoms with Crippen LogP contribution in [-0.2, 0) is 9.59 Å². The SMILES string of the molecule is O=CCC(=O)[Se-].[Li+]. The van der Waals surface area contributed by atoms with Gasteiger partial charge in [0, 0.05) is 0 Å². The van der Waals surface area contributed by atoms with Gasteiger partial charge in [0.05, 0.1) is 0 Å². The zero-order valence-electron chi connectivity index (χ0n) is 4.01. The van der Waals surface area contributed by atoms with Gasteiger partial charge in [0.15, 0.2) is 0 Å². The van der Waals surface area contributed by atoms with Gasteiger partial charge in [-0.25, -0.2) is 0 Å². The first kappa shape index (κ1) is 10.4. The van der Waals surface area contributed by atoms with E-state index in [1.165, 1.54) is 0 Å². The number of rotatable bonds is 2. The van der Waals surface area contributed by atoms with E-state index in [1.54, 1.807) is 0 Å². The average Bonchev–Trinajstić information content (AvgIpc) is 1.35. The third-order valence-corrected chi connectivity index (χ3v) is 0.600. The van der Waals surface area contributed by atoms with E-state index < -0.39 is 0 Å². The van der Waals surface area contributed by atoms with Crippen LogP contribution < -0.4 is 18.9 Å². The molecule has 2 nitrogen and oxygen atoms in total. The van der Waals surface area contributed by atoms with E-state index in [9.17, 15) is 9.59 Å². The largest absolute Gasteiger partial charge is 1.00 e. The standard InChI is InChI=1S/C3H4O2Se.Li/c4-2-1-3(5)6;/h2H,1H2,(H,5,6);/q;+1/p-1. The molecular formula is C3H3LiO2Se. The predicted molar refractivity (Wildman–Crippen MR) is 21.4 cm³/mol. The molecule has 34 valence electrons. The summed E-state index contributed by atoms with van der Waals surface area (Å²) in [5.74, 6) is 0. The summed E-state index contributed by atoms with van der Waals surface area (Å²) < 4.78 is -0.204. The Kier molecular flexibility index (Phi) is 9.63. The summed E-state index contributed by atoms with van der Waals surface area (Å²) in [7, 11) is 0. The number of hydrogen-bond donors (Lipinski definition) is 0. The first-order valence-corrected chi connectivity index (χ1v) is 2.26. The Morgan fingerprint density at radius 3 is 2.14 bits per heavy atom. The number of aldehydes is 1. The second-order valence-corrected chi connectivity index (χ2v) is 1.70. The molecule has 0 aromatic heterocycles. The van der Waals surface area contributed by atoms with Crippen LogP contribution in [0.5, 0.6) is 0 Å². The number of carbonyl (C=O) groups is 2. The fourth-order valence-corrected chi connectivity index (χ4v) is 0.211. The van der Waals surface area contributed by atoms with Gasteiger partial charge in [-0.15, -0.1) is 0 Å². The maximum Gasteiger partial charge on any atom is 1.00 e. The van der Waals surface area contributed by atoms with E-state index in [1.807, 2.05) is 0 Å². The van der Waals surface area contributed by atoms with E-state index in [4.69, 9.17) is 0 Å². The summed E-state index contributed by atoms with van der Waals surface area (Å²) in [6.45, 7) is 0. The number of carbonyl (C=O) groups excluding carboxylic acids is 2. The zero-order chi connectivity index (χ0) is 4.99. The molecule has 0 atom stereocenters. The van der Waals surface area contributed by atoms with Crippen molar-refractivity contribution in [3.8, 4) is 0 Å². The van der Waals surface area contributed by atoms with Crippen molar-refractivity contribution < 1.29 is 28.4 Å². The quantitative estimate of drug-likeness (QED) is 0.234. The Bertz CT molecular complexity index is 73.3. The molecule has 0 aliphatic heterocycles.